The first-order valence-electron chi connectivity index (χ1n) is 7.45. The Morgan fingerprint density at radius 3 is 2.83 bits per heavy atom. The molecule has 1 aromatic carbocycles. The molecular weight excluding hydrogens is 302 g/mol. The Bertz CT molecular complexity index is 613. The fourth-order valence-corrected chi connectivity index (χ4v) is 2.19. The van der Waals surface area contributed by atoms with Crippen LogP contribution in [0.1, 0.15) is 30.6 Å². The molecule has 0 atom stereocenters. The van der Waals surface area contributed by atoms with Crippen LogP contribution in [-0.4, -0.2) is 44.5 Å². The number of aldehydes is 1. The van der Waals surface area contributed by atoms with Crippen molar-refractivity contribution in [1.82, 2.24) is 0 Å². The van der Waals surface area contributed by atoms with Crippen LogP contribution in [0, 0.1) is 0 Å². The highest BCUT2D eigenvalue weighted by Gasteiger charge is 2.30. The number of hydrogen-bond acceptors (Lipinski definition) is 6. The maximum atomic E-state index is 12.1. The molecule has 23 heavy (non-hydrogen) atoms. The first-order chi connectivity index (χ1) is 11.1. The van der Waals surface area contributed by atoms with E-state index in [-0.39, 0.29) is 19.1 Å². The zero-order valence-corrected chi connectivity index (χ0v) is 13.2. The highest BCUT2D eigenvalue weighted by atomic mass is 16.5. The molecule has 0 unspecified atom stereocenters. The van der Waals surface area contributed by atoms with E-state index >= 15 is 0 Å². The zero-order valence-electron chi connectivity index (χ0n) is 13.2. The van der Waals surface area contributed by atoms with Crippen molar-refractivity contribution >= 4 is 23.9 Å². The number of nitrogens with zero attached hydrogens (tertiary/aromatic N) is 1. The summed E-state index contributed by atoms with van der Waals surface area (Å²) >= 11 is 0. The fourth-order valence-electron chi connectivity index (χ4n) is 2.19. The molecule has 7 nitrogen and oxygen atoms in total. The molecule has 1 aliphatic heterocycles. The average molecular weight is 321 g/mol. The lowest BCUT2D eigenvalue weighted by Gasteiger charge is -2.30. The number of fused-ring (bicyclic) bond motifs is 1. The molecule has 2 rings (SSSR count). The number of anilines is 1. The van der Waals surface area contributed by atoms with Gasteiger partial charge >= 0.3 is 5.97 Å². The Balaban J connectivity index is 2.35. The van der Waals surface area contributed by atoms with Crippen molar-refractivity contribution in [3.8, 4) is 11.5 Å². The summed E-state index contributed by atoms with van der Waals surface area (Å²) in [6.07, 6.45) is 1.35. The summed E-state index contributed by atoms with van der Waals surface area (Å²) in [6, 6.07) is 3.04. The van der Waals surface area contributed by atoms with Gasteiger partial charge in [-0.25, -0.2) is 0 Å². The minimum atomic E-state index is -0.512. The molecule has 0 aliphatic carbocycles. The highest BCUT2D eigenvalue weighted by Crippen LogP contribution is 2.41. The average Bonchev–Trinajstić information content (AvgIpc) is 2.55. The molecule has 1 aliphatic rings. The summed E-state index contributed by atoms with van der Waals surface area (Å²) in [6.45, 7) is 3.92. The largest absolute Gasteiger partial charge is 0.490 e. The molecule has 0 radical (unpaired) electrons. The van der Waals surface area contributed by atoms with Crippen LogP contribution in [0.4, 0.5) is 5.69 Å². The van der Waals surface area contributed by atoms with Crippen molar-refractivity contribution in [2.24, 2.45) is 0 Å². The van der Waals surface area contributed by atoms with Crippen molar-refractivity contribution in [3.63, 3.8) is 0 Å². The predicted octanol–water partition coefficient (Wildman–Crippen LogP) is 1.58. The Morgan fingerprint density at radius 1 is 1.39 bits per heavy atom. The molecule has 0 bridgehead atoms. The summed E-state index contributed by atoms with van der Waals surface area (Å²) < 4.78 is 15.9. The van der Waals surface area contributed by atoms with Gasteiger partial charge in [-0.05, 0) is 25.5 Å². The van der Waals surface area contributed by atoms with Crippen LogP contribution in [0.2, 0.25) is 0 Å². The Hall–Kier alpha value is -2.57. The van der Waals surface area contributed by atoms with Crippen LogP contribution in [0.15, 0.2) is 12.1 Å². The molecule has 0 saturated heterocycles. The Morgan fingerprint density at radius 2 is 2.17 bits per heavy atom. The van der Waals surface area contributed by atoms with E-state index in [1.807, 2.05) is 6.92 Å². The van der Waals surface area contributed by atoms with Crippen molar-refractivity contribution in [2.45, 2.75) is 20.3 Å². The third-order valence-corrected chi connectivity index (χ3v) is 3.18. The minimum Gasteiger partial charge on any atom is -0.490 e. The molecule has 0 aromatic heterocycles. The van der Waals surface area contributed by atoms with Crippen LogP contribution in [0.5, 0.6) is 11.5 Å². The summed E-state index contributed by atoms with van der Waals surface area (Å²) in [4.78, 5) is 36.3. The third-order valence-electron chi connectivity index (χ3n) is 3.18. The highest BCUT2D eigenvalue weighted by molar-refractivity contribution is 6.02. The van der Waals surface area contributed by atoms with Gasteiger partial charge in [0.2, 0.25) is 0 Å². The molecule has 124 valence electrons. The summed E-state index contributed by atoms with van der Waals surface area (Å²) in [5, 5.41) is 0. The van der Waals surface area contributed by atoms with Crippen LogP contribution < -0.4 is 14.4 Å². The lowest BCUT2D eigenvalue weighted by Crippen LogP contribution is -2.42. The summed E-state index contributed by atoms with van der Waals surface area (Å²) in [7, 11) is 0. The van der Waals surface area contributed by atoms with E-state index in [4.69, 9.17) is 14.2 Å². The first kappa shape index (κ1) is 16.8. The number of esters is 1. The number of carbonyl (C=O) groups excluding carboxylic acids is 3. The molecule has 0 saturated carbocycles. The monoisotopic (exact) mass is 321 g/mol. The number of hydrogen-bond donors (Lipinski definition) is 0. The van der Waals surface area contributed by atoms with E-state index in [9.17, 15) is 14.4 Å². The van der Waals surface area contributed by atoms with Gasteiger partial charge < -0.3 is 14.2 Å². The van der Waals surface area contributed by atoms with Gasteiger partial charge in [0.05, 0.1) is 18.9 Å². The van der Waals surface area contributed by atoms with Gasteiger partial charge in [0, 0.05) is 5.56 Å². The smallest absolute Gasteiger partial charge is 0.326 e. The molecule has 1 heterocycles. The number of amides is 1. The number of ether oxygens (including phenoxy) is 3. The number of benzene rings is 1. The fraction of sp³-hybridized carbons (Fsp3) is 0.438. The standard InChI is InChI=1S/C16H19NO6/c1-3-5-22-15(20)8-17-12-6-11(9-18)7-13(21-4-2)16(12)23-10-14(17)19/h6-7,9H,3-5,8,10H2,1-2H3. The maximum Gasteiger partial charge on any atom is 0.326 e. The normalized spacial score (nSPS) is 13.1. The molecule has 0 N–H and O–H groups in total. The third kappa shape index (κ3) is 3.80. The quantitative estimate of drug-likeness (QED) is 0.560. The minimum absolute atomic E-state index is 0.200. The molecular formula is C16H19NO6. The van der Waals surface area contributed by atoms with Crippen molar-refractivity contribution < 1.29 is 28.6 Å². The summed E-state index contributed by atoms with van der Waals surface area (Å²) in [5.41, 5.74) is 0.667. The second-order valence-electron chi connectivity index (χ2n) is 4.91. The molecule has 1 aromatic rings. The van der Waals surface area contributed by atoms with Gasteiger partial charge in [0.1, 0.15) is 12.8 Å². The summed E-state index contributed by atoms with van der Waals surface area (Å²) in [5.74, 6) is -0.175. The molecule has 1 amide bonds. The van der Waals surface area contributed by atoms with Gasteiger partial charge in [0.25, 0.3) is 5.91 Å². The van der Waals surface area contributed by atoms with E-state index in [1.165, 1.54) is 11.0 Å². The second kappa shape index (κ2) is 7.62. The zero-order chi connectivity index (χ0) is 16.8. The van der Waals surface area contributed by atoms with Gasteiger partial charge in [-0.3, -0.25) is 19.3 Å². The van der Waals surface area contributed by atoms with E-state index in [0.29, 0.717) is 48.7 Å². The lowest BCUT2D eigenvalue weighted by atomic mass is 10.1. The second-order valence-corrected chi connectivity index (χ2v) is 4.91. The van der Waals surface area contributed by atoms with Gasteiger partial charge in [-0.1, -0.05) is 6.92 Å². The first-order valence-corrected chi connectivity index (χ1v) is 7.45. The topological polar surface area (TPSA) is 82.1 Å². The Kier molecular flexibility index (Phi) is 5.56. The van der Waals surface area contributed by atoms with E-state index in [0.717, 1.165) is 0 Å². The maximum absolute atomic E-state index is 12.1. The molecule has 7 heteroatoms. The molecule has 0 spiro atoms. The van der Waals surface area contributed by atoms with Crippen molar-refractivity contribution in [1.29, 1.82) is 0 Å². The lowest BCUT2D eigenvalue weighted by molar-refractivity contribution is -0.143. The number of rotatable bonds is 7. The SMILES string of the molecule is CCCOC(=O)CN1C(=O)COc2c(OCC)cc(C=O)cc21. The Labute approximate surface area is 134 Å². The van der Waals surface area contributed by atoms with E-state index in [1.54, 1.807) is 13.0 Å². The van der Waals surface area contributed by atoms with Crippen LogP contribution in [-0.2, 0) is 14.3 Å². The molecule has 0 fully saturated rings. The van der Waals surface area contributed by atoms with Gasteiger partial charge in [-0.2, -0.15) is 0 Å². The van der Waals surface area contributed by atoms with Gasteiger partial charge in [0.15, 0.2) is 18.1 Å². The van der Waals surface area contributed by atoms with Crippen molar-refractivity contribution in [3.05, 3.63) is 17.7 Å². The van der Waals surface area contributed by atoms with E-state index in [2.05, 4.69) is 0 Å². The predicted molar refractivity (Wildman–Crippen MR) is 82.1 cm³/mol. The van der Waals surface area contributed by atoms with Crippen molar-refractivity contribution in [2.75, 3.05) is 31.3 Å². The number of carbonyl (C=O) groups is 3. The van der Waals surface area contributed by atoms with Crippen LogP contribution in [0.3, 0.4) is 0 Å². The van der Waals surface area contributed by atoms with Crippen LogP contribution >= 0.6 is 0 Å². The van der Waals surface area contributed by atoms with Crippen LogP contribution in [0.25, 0.3) is 0 Å². The van der Waals surface area contributed by atoms with E-state index < -0.39 is 5.97 Å². The van der Waals surface area contributed by atoms with Gasteiger partial charge in [-0.15, -0.1) is 0 Å².